The first kappa shape index (κ1) is 12.3. The molecular formula is C16H25NO. The monoisotopic (exact) mass is 247 g/mol. The van der Waals surface area contributed by atoms with Crippen LogP contribution < -0.4 is 5.32 Å². The van der Waals surface area contributed by atoms with E-state index < -0.39 is 0 Å². The molecule has 1 heterocycles. The maximum Gasteiger partial charge on any atom is 0.120 e. The van der Waals surface area contributed by atoms with Gasteiger partial charge >= 0.3 is 0 Å². The minimum absolute atomic E-state index is 0.419. The van der Waals surface area contributed by atoms with Crippen LogP contribution in [0, 0.1) is 17.8 Å². The summed E-state index contributed by atoms with van der Waals surface area (Å²) in [6, 6.07) is 4.54. The summed E-state index contributed by atoms with van der Waals surface area (Å²) in [6.45, 7) is 0. The van der Waals surface area contributed by atoms with Crippen LogP contribution in [0.15, 0.2) is 22.8 Å². The number of furan rings is 1. The first-order chi connectivity index (χ1) is 8.88. The molecule has 2 nitrogen and oxygen atoms in total. The van der Waals surface area contributed by atoms with Gasteiger partial charge in [-0.3, -0.25) is 0 Å². The topological polar surface area (TPSA) is 25.2 Å². The molecule has 100 valence electrons. The SMILES string of the molecule is CNC(c1ccco1)C1CCC2CCCCC2C1. The van der Waals surface area contributed by atoms with Crippen LogP contribution in [-0.2, 0) is 0 Å². The average Bonchev–Trinajstić information content (AvgIpc) is 2.93. The lowest BCUT2D eigenvalue weighted by Gasteiger charge is -2.41. The van der Waals surface area contributed by atoms with Gasteiger partial charge in [-0.05, 0) is 56.2 Å². The Labute approximate surface area is 110 Å². The Balaban J connectivity index is 1.69. The predicted molar refractivity (Wildman–Crippen MR) is 73.3 cm³/mol. The fourth-order valence-electron chi connectivity index (χ4n) is 4.29. The predicted octanol–water partition coefficient (Wildman–Crippen LogP) is 4.15. The number of hydrogen-bond donors (Lipinski definition) is 1. The lowest BCUT2D eigenvalue weighted by atomic mass is 9.66. The first-order valence-electron chi connectivity index (χ1n) is 7.59. The molecule has 0 aliphatic heterocycles. The second-order valence-electron chi connectivity index (χ2n) is 6.16. The second-order valence-corrected chi connectivity index (χ2v) is 6.16. The zero-order chi connectivity index (χ0) is 12.4. The summed E-state index contributed by atoms with van der Waals surface area (Å²) in [5.41, 5.74) is 0. The Kier molecular flexibility index (Phi) is 3.74. The molecule has 4 unspecified atom stereocenters. The van der Waals surface area contributed by atoms with E-state index in [4.69, 9.17) is 4.42 Å². The van der Waals surface area contributed by atoms with Crippen molar-refractivity contribution in [2.75, 3.05) is 7.05 Å². The van der Waals surface area contributed by atoms with Crippen molar-refractivity contribution in [3.63, 3.8) is 0 Å². The molecule has 1 aromatic heterocycles. The fourth-order valence-corrected chi connectivity index (χ4v) is 4.29. The Morgan fingerprint density at radius 3 is 2.72 bits per heavy atom. The molecule has 0 aromatic carbocycles. The third-order valence-electron chi connectivity index (χ3n) is 5.21. The van der Waals surface area contributed by atoms with E-state index >= 15 is 0 Å². The number of nitrogens with one attached hydrogen (secondary N) is 1. The Bertz CT molecular complexity index is 359. The van der Waals surface area contributed by atoms with Crippen LogP contribution in [0.4, 0.5) is 0 Å². The molecule has 2 saturated carbocycles. The zero-order valence-corrected chi connectivity index (χ0v) is 11.4. The highest BCUT2D eigenvalue weighted by Gasteiger charge is 2.36. The molecule has 0 saturated heterocycles. The van der Waals surface area contributed by atoms with E-state index in [0.717, 1.165) is 23.5 Å². The van der Waals surface area contributed by atoms with Crippen molar-refractivity contribution in [3.8, 4) is 0 Å². The fraction of sp³-hybridized carbons (Fsp3) is 0.750. The van der Waals surface area contributed by atoms with E-state index in [1.165, 1.54) is 44.9 Å². The maximum absolute atomic E-state index is 5.61. The molecule has 3 rings (SSSR count). The minimum atomic E-state index is 0.419. The molecule has 0 spiro atoms. The maximum atomic E-state index is 5.61. The van der Waals surface area contributed by atoms with Crippen molar-refractivity contribution in [2.24, 2.45) is 17.8 Å². The molecule has 0 bridgehead atoms. The van der Waals surface area contributed by atoms with Gasteiger partial charge in [0, 0.05) is 0 Å². The van der Waals surface area contributed by atoms with Crippen molar-refractivity contribution in [3.05, 3.63) is 24.2 Å². The largest absolute Gasteiger partial charge is 0.468 e. The van der Waals surface area contributed by atoms with Crippen LogP contribution in [0.25, 0.3) is 0 Å². The highest BCUT2D eigenvalue weighted by Crippen LogP contribution is 2.46. The van der Waals surface area contributed by atoms with Crippen LogP contribution >= 0.6 is 0 Å². The summed E-state index contributed by atoms with van der Waals surface area (Å²) >= 11 is 0. The summed E-state index contributed by atoms with van der Waals surface area (Å²) in [5, 5.41) is 3.48. The summed E-state index contributed by atoms with van der Waals surface area (Å²) in [7, 11) is 2.07. The van der Waals surface area contributed by atoms with Crippen LogP contribution in [0.3, 0.4) is 0 Å². The molecule has 2 fully saturated rings. The van der Waals surface area contributed by atoms with Gasteiger partial charge in [-0.25, -0.2) is 0 Å². The molecule has 2 aliphatic carbocycles. The molecule has 2 heteroatoms. The lowest BCUT2D eigenvalue weighted by molar-refractivity contribution is 0.106. The summed E-state index contributed by atoms with van der Waals surface area (Å²) < 4.78 is 5.61. The van der Waals surface area contributed by atoms with E-state index in [2.05, 4.69) is 18.4 Å². The van der Waals surface area contributed by atoms with Crippen molar-refractivity contribution in [2.45, 2.75) is 51.0 Å². The van der Waals surface area contributed by atoms with Crippen LogP contribution in [0.5, 0.6) is 0 Å². The van der Waals surface area contributed by atoms with Gasteiger partial charge in [0.15, 0.2) is 0 Å². The first-order valence-corrected chi connectivity index (χ1v) is 7.59. The molecule has 2 aliphatic rings. The van der Waals surface area contributed by atoms with E-state index in [1.54, 1.807) is 6.26 Å². The van der Waals surface area contributed by atoms with E-state index in [-0.39, 0.29) is 0 Å². The Morgan fingerprint density at radius 2 is 2.00 bits per heavy atom. The molecule has 0 radical (unpaired) electrons. The van der Waals surface area contributed by atoms with Gasteiger partial charge in [0.2, 0.25) is 0 Å². The smallest absolute Gasteiger partial charge is 0.120 e. The molecule has 18 heavy (non-hydrogen) atoms. The van der Waals surface area contributed by atoms with Crippen molar-refractivity contribution in [1.82, 2.24) is 5.32 Å². The molecule has 1 aromatic rings. The van der Waals surface area contributed by atoms with Gasteiger partial charge in [-0.1, -0.05) is 25.7 Å². The minimum Gasteiger partial charge on any atom is -0.468 e. The van der Waals surface area contributed by atoms with Crippen molar-refractivity contribution >= 4 is 0 Å². The van der Waals surface area contributed by atoms with E-state index in [9.17, 15) is 0 Å². The third-order valence-corrected chi connectivity index (χ3v) is 5.21. The quantitative estimate of drug-likeness (QED) is 0.868. The normalized spacial score (nSPS) is 33.9. The van der Waals surface area contributed by atoms with Gasteiger partial charge in [-0.2, -0.15) is 0 Å². The van der Waals surface area contributed by atoms with Crippen LogP contribution in [0.2, 0.25) is 0 Å². The molecule has 4 atom stereocenters. The summed E-state index contributed by atoms with van der Waals surface area (Å²) in [4.78, 5) is 0. The number of hydrogen-bond acceptors (Lipinski definition) is 2. The average molecular weight is 247 g/mol. The Hall–Kier alpha value is -0.760. The third kappa shape index (κ3) is 2.35. The van der Waals surface area contributed by atoms with Gasteiger partial charge in [0.05, 0.1) is 12.3 Å². The second kappa shape index (κ2) is 5.48. The zero-order valence-electron chi connectivity index (χ0n) is 11.4. The van der Waals surface area contributed by atoms with Gasteiger partial charge in [-0.15, -0.1) is 0 Å². The van der Waals surface area contributed by atoms with Gasteiger partial charge < -0.3 is 9.73 Å². The lowest BCUT2D eigenvalue weighted by Crippen LogP contribution is -2.34. The molecule has 0 amide bonds. The molecular weight excluding hydrogens is 222 g/mol. The van der Waals surface area contributed by atoms with Crippen LogP contribution in [-0.4, -0.2) is 7.05 Å². The van der Waals surface area contributed by atoms with Gasteiger partial charge in [0.1, 0.15) is 5.76 Å². The summed E-state index contributed by atoms with van der Waals surface area (Å²) in [5.74, 6) is 3.91. The Morgan fingerprint density at radius 1 is 1.17 bits per heavy atom. The van der Waals surface area contributed by atoms with E-state index in [0.29, 0.717) is 6.04 Å². The van der Waals surface area contributed by atoms with Crippen molar-refractivity contribution in [1.29, 1.82) is 0 Å². The highest BCUT2D eigenvalue weighted by atomic mass is 16.3. The standard InChI is InChI=1S/C16H25NO/c1-17-16(15-7-4-10-18-15)14-9-8-12-5-2-3-6-13(12)11-14/h4,7,10,12-14,16-17H,2-3,5-6,8-9,11H2,1H3. The number of rotatable bonds is 3. The van der Waals surface area contributed by atoms with Crippen LogP contribution in [0.1, 0.15) is 56.7 Å². The van der Waals surface area contributed by atoms with Gasteiger partial charge in [0.25, 0.3) is 0 Å². The number of fused-ring (bicyclic) bond motifs is 1. The highest BCUT2D eigenvalue weighted by molar-refractivity contribution is 5.06. The summed E-state index contributed by atoms with van der Waals surface area (Å²) in [6.07, 6.45) is 11.9. The van der Waals surface area contributed by atoms with E-state index in [1.807, 2.05) is 6.07 Å². The van der Waals surface area contributed by atoms with Crippen molar-refractivity contribution < 1.29 is 4.42 Å². The molecule has 1 N–H and O–H groups in total.